The Hall–Kier alpha value is -2.90. The average molecular weight is 507 g/mol. The minimum Gasteiger partial charge on any atom is -0.378 e. The van der Waals surface area contributed by atoms with E-state index in [0.29, 0.717) is 16.5 Å². The molecule has 2 atom stereocenters. The first kappa shape index (κ1) is 34.3. The van der Waals surface area contributed by atoms with Gasteiger partial charge in [0.2, 0.25) is 5.91 Å². The van der Waals surface area contributed by atoms with Crippen molar-refractivity contribution < 1.29 is 14.7 Å². The molecule has 0 saturated heterocycles. The first-order valence-corrected chi connectivity index (χ1v) is 12.3. The molecule has 196 valence electrons. The van der Waals surface area contributed by atoms with Crippen LogP contribution in [0.4, 0.5) is 0 Å². The van der Waals surface area contributed by atoms with Crippen LogP contribution in [0, 0.1) is 0 Å². The maximum atomic E-state index is 11.7. The highest BCUT2D eigenvalue weighted by molar-refractivity contribution is 6.30. The molecule has 0 aliphatic rings. The number of nitrogens with zero attached hydrogens (tertiary/aromatic N) is 1. The molecule has 0 radical (unpaired) electrons. The molecule has 1 unspecified atom stereocenters. The summed E-state index contributed by atoms with van der Waals surface area (Å²) in [6, 6.07) is 7.55. The molecule has 0 aliphatic heterocycles. The molecule has 1 heterocycles. The molecule has 1 aromatic heterocycles. The normalized spacial score (nSPS) is 11.9. The molecule has 7 nitrogen and oxygen atoms in total. The Balaban J connectivity index is 0. The molecule has 0 saturated carbocycles. The summed E-state index contributed by atoms with van der Waals surface area (Å²) < 4.78 is 0. The standard InChI is InChI=1S/C12H15ClN2O3.C7H12.C6H10N2.C2H6/c1-7(11(17)14-2)15-12(18)10(16)8-3-5-9(13)6-4-8;1-3-5-7-6-4-2;1-5(2)6-3-4-7-8-6;1-2/h3-7,10,16H,1-2H3,(H,14,17)(H,15,18);3,5-7H,4H2,1-2H3;3-5H,1-2H3,(H,7,8);1-2H3/b;5-3-,7-6-;;/t7-,10?;;;/m0.../s1. The molecular formula is C27H43ClN4O3. The van der Waals surface area contributed by atoms with Crippen molar-refractivity contribution >= 4 is 23.4 Å². The van der Waals surface area contributed by atoms with Gasteiger partial charge in [-0.25, -0.2) is 0 Å². The molecule has 4 N–H and O–H groups in total. The minimum absolute atomic E-state index is 0.327. The molecule has 0 fully saturated rings. The largest absolute Gasteiger partial charge is 0.378 e. The Morgan fingerprint density at radius 2 is 1.69 bits per heavy atom. The zero-order valence-electron chi connectivity index (χ0n) is 22.3. The number of H-pyrrole nitrogens is 1. The number of hydrogen-bond donors (Lipinski definition) is 4. The predicted octanol–water partition coefficient (Wildman–Crippen LogP) is 5.71. The summed E-state index contributed by atoms with van der Waals surface area (Å²) in [6.07, 6.45) is 9.81. The molecule has 35 heavy (non-hydrogen) atoms. The Bertz CT molecular complexity index is 848. The van der Waals surface area contributed by atoms with Crippen molar-refractivity contribution in [2.45, 2.75) is 73.0 Å². The summed E-state index contributed by atoms with van der Waals surface area (Å²) >= 11 is 5.71. The van der Waals surface area contributed by atoms with Gasteiger partial charge < -0.3 is 15.7 Å². The molecule has 8 heteroatoms. The van der Waals surface area contributed by atoms with Crippen LogP contribution in [-0.2, 0) is 9.59 Å². The third kappa shape index (κ3) is 16.4. The van der Waals surface area contributed by atoms with Crippen LogP contribution in [0.5, 0.6) is 0 Å². The van der Waals surface area contributed by atoms with Crippen LogP contribution < -0.4 is 10.6 Å². The number of allylic oxidation sites excluding steroid dienone is 4. The second-order valence-electron chi connectivity index (χ2n) is 7.33. The second-order valence-corrected chi connectivity index (χ2v) is 7.76. The topological polar surface area (TPSA) is 107 Å². The van der Waals surface area contributed by atoms with Gasteiger partial charge in [0.05, 0.1) is 0 Å². The van der Waals surface area contributed by atoms with Gasteiger partial charge in [0.1, 0.15) is 6.04 Å². The lowest BCUT2D eigenvalue weighted by Crippen LogP contribution is -2.45. The predicted molar refractivity (Wildman–Crippen MR) is 146 cm³/mol. The molecular weight excluding hydrogens is 464 g/mol. The van der Waals surface area contributed by atoms with Crippen molar-refractivity contribution in [2.24, 2.45) is 0 Å². The molecule has 2 amide bonds. The summed E-state index contributed by atoms with van der Waals surface area (Å²) in [4.78, 5) is 22.9. The van der Waals surface area contributed by atoms with Gasteiger partial charge in [0.15, 0.2) is 6.10 Å². The van der Waals surface area contributed by atoms with E-state index in [-0.39, 0.29) is 5.91 Å². The number of likely N-dealkylation sites (N-methyl/N-ethyl adjacent to an activating group) is 1. The molecule has 0 spiro atoms. The SMILES string of the molecule is C/C=C\C=C/CC.CC.CC(C)c1ccn[nH]1.CNC(=O)[C@H](C)NC(=O)C(O)c1ccc(Cl)cc1. The van der Waals surface area contributed by atoms with Gasteiger partial charge in [-0.05, 0) is 49.9 Å². The minimum atomic E-state index is -1.32. The van der Waals surface area contributed by atoms with E-state index >= 15 is 0 Å². The average Bonchev–Trinajstić information content (AvgIpc) is 3.41. The van der Waals surface area contributed by atoms with Gasteiger partial charge >= 0.3 is 0 Å². The highest BCUT2D eigenvalue weighted by Gasteiger charge is 2.21. The van der Waals surface area contributed by atoms with Crippen molar-refractivity contribution in [3.05, 3.63) is 77.1 Å². The first-order chi connectivity index (χ1) is 16.7. The van der Waals surface area contributed by atoms with Crippen LogP contribution in [0.25, 0.3) is 0 Å². The Morgan fingerprint density at radius 1 is 1.09 bits per heavy atom. The molecule has 2 aromatic rings. The fourth-order valence-electron chi connectivity index (χ4n) is 2.28. The van der Waals surface area contributed by atoms with Crippen molar-refractivity contribution in [1.82, 2.24) is 20.8 Å². The van der Waals surface area contributed by atoms with E-state index in [1.807, 2.05) is 39.0 Å². The van der Waals surface area contributed by atoms with E-state index in [0.717, 1.165) is 6.42 Å². The van der Waals surface area contributed by atoms with E-state index < -0.39 is 18.1 Å². The second kappa shape index (κ2) is 21.6. The third-order valence-corrected chi connectivity index (χ3v) is 4.50. The van der Waals surface area contributed by atoms with Crippen molar-refractivity contribution in [3.63, 3.8) is 0 Å². The molecule has 1 aromatic carbocycles. The smallest absolute Gasteiger partial charge is 0.254 e. The number of aliphatic hydroxyl groups is 1. The number of aromatic nitrogens is 2. The number of carbonyl (C=O) groups is 2. The van der Waals surface area contributed by atoms with Crippen LogP contribution in [0.15, 0.2) is 60.8 Å². The summed E-state index contributed by atoms with van der Waals surface area (Å²) in [5.41, 5.74) is 1.62. The maximum Gasteiger partial charge on any atom is 0.254 e. The Morgan fingerprint density at radius 3 is 2.09 bits per heavy atom. The lowest BCUT2D eigenvalue weighted by molar-refractivity contribution is -0.133. The number of nitrogens with one attached hydrogen (secondary N) is 3. The number of benzene rings is 1. The van der Waals surface area contributed by atoms with E-state index in [1.54, 1.807) is 30.5 Å². The van der Waals surface area contributed by atoms with Crippen molar-refractivity contribution in [1.29, 1.82) is 0 Å². The van der Waals surface area contributed by atoms with Gasteiger partial charge in [-0.15, -0.1) is 0 Å². The number of halogens is 1. The van der Waals surface area contributed by atoms with Gasteiger partial charge in [-0.3, -0.25) is 14.7 Å². The number of hydrogen-bond acceptors (Lipinski definition) is 4. The molecule has 2 rings (SSSR count). The highest BCUT2D eigenvalue weighted by atomic mass is 35.5. The van der Waals surface area contributed by atoms with Crippen molar-refractivity contribution in [3.8, 4) is 0 Å². The lowest BCUT2D eigenvalue weighted by atomic mass is 10.1. The van der Waals surface area contributed by atoms with Crippen LogP contribution in [-0.4, -0.2) is 40.2 Å². The van der Waals surface area contributed by atoms with E-state index in [2.05, 4.69) is 53.8 Å². The fraction of sp³-hybridized carbons (Fsp3) is 0.444. The zero-order chi connectivity index (χ0) is 27.2. The fourth-order valence-corrected chi connectivity index (χ4v) is 2.41. The Labute approximate surface area is 216 Å². The van der Waals surface area contributed by atoms with Crippen LogP contribution in [0.2, 0.25) is 5.02 Å². The molecule has 0 bridgehead atoms. The summed E-state index contributed by atoms with van der Waals surface area (Å²) in [6.45, 7) is 13.9. The van der Waals surface area contributed by atoms with E-state index in [4.69, 9.17) is 11.6 Å². The van der Waals surface area contributed by atoms with Gasteiger partial charge in [0.25, 0.3) is 5.91 Å². The lowest BCUT2D eigenvalue weighted by Gasteiger charge is -2.16. The zero-order valence-corrected chi connectivity index (χ0v) is 23.1. The summed E-state index contributed by atoms with van der Waals surface area (Å²) in [5, 5.41) is 21.8. The highest BCUT2D eigenvalue weighted by Crippen LogP contribution is 2.16. The number of aliphatic hydroxyl groups excluding tert-OH is 1. The van der Waals surface area contributed by atoms with Crippen LogP contribution in [0.3, 0.4) is 0 Å². The number of aromatic amines is 1. The number of amides is 2. The van der Waals surface area contributed by atoms with Gasteiger partial charge in [-0.2, -0.15) is 5.10 Å². The number of rotatable bonds is 7. The third-order valence-electron chi connectivity index (χ3n) is 4.25. The first-order valence-electron chi connectivity index (χ1n) is 11.9. The van der Waals surface area contributed by atoms with Crippen LogP contribution >= 0.6 is 11.6 Å². The Kier molecular flexibility index (Phi) is 21.2. The van der Waals surface area contributed by atoms with Gasteiger partial charge in [-0.1, -0.05) is 82.7 Å². The quantitative estimate of drug-likeness (QED) is 0.360. The monoisotopic (exact) mass is 506 g/mol. The van der Waals surface area contributed by atoms with Gasteiger partial charge in [0, 0.05) is 24.0 Å². The summed E-state index contributed by atoms with van der Waals surface area (Å²) in [5.74, 6) is -0.391. The number of carbonyl (C=O) groups excluding carboxylic acids is 2. The van der Waals surface area contributed by atoms with Crippen LogP contribution in [0.1, 0.15) is 78.2 Å². The maximum absolute atomic E-state index is 11.7. The van der Waals surface area contributed by atoms with E-state index in [1.165, 1.54) is 19.7 Å². The molecule has 0 aliphatic carbocycles. The van der Waals surface area contributed by atoms with E-state index in [9.17, 15) is 14.7 Å². The van der Waals surface area contributed by atoms with Crippen molar-refractivity contribution in [2.75, 3.05) is 7.05 Å². The summed E-state index contributed by atoms with van der Waals surface area (Å²) in [7, 11) is 1.47.